The molecule has 1 aromatic rings. The van der Waals surface area contributed by atoms with Gasteiger partial charge in [-0.3, -0.25) is 0 Å². The molecule has 2 N–H and O–H groups in total. The third-order valence-electron chi connectivity index (χ3n) is 2.96. The molecule has 0 bridgehead atoms. The molecule has 0 aliphatic carbocycles. The third-order valence-corrected chi connectivity index (χ3v) is 2.96. The SMILES string of the molecule is NC(C1=COCCC1)c1ccc(C(F)(F)F)cc1. The van der Waals surface area contributed by atoms with Gasteiger partial charge in [-0.1, -0.05) is 12.1 Å². The molecule has 0 spiro atoms. The van der Waals surface area contributed by atoms with Crippen molar-refractivity contribution in [2.24, 2.45) is 5.73 Å². The van der Waals surface area contributed by atoms with Crippen LogP contribution in [0.25, 0.3) is 0 Å². The van der Waals surface area contributed by atoms with E-state index in [1.165, 1.54) is 12.1 Å². The summed E-state index contributed by atoms with van der Waals surface area (Å²) >= 11 is 0. The average Bonchev–Trinajstić information content (AvgIpc) is 2.38. The molecule has 1 aliphatic rings. The van der Waals surface area contributed by atoms with Crippen molar-refractivity contribution >= 4 is 0 Å². The molecule has 0 radical (unpaired) electrons. The predicted molar refractivity (Wildman–Crippen MR) is 61.6 cm³/mol. The van der Waals surface area contributed by atoms with Crippen molar-refractivity contribution in [1.29, 1.82) is 0 Å². The Bertz CT molecular complexity index is 437. The van der Waals surface area contributed by atoms with Crippen LogP contribution >= 0.6 is 0 Å². The fraction of sp³-hybridized carbons (Fsp3) is 0.385. The van der Waals surface area contributed by atoms with Crippen LogP contribution in [0.4, 0.5) is 13.2 Å². The van der Waals surface area contributed by atoms with Crippen LogP contribution in [0.3, 0.4) is 0 Å². The maximum Gasteiger partial charge on any atom is 0.416 e. The van der Waals surface area contributed by atoms with Crippen LogP contribution < -0.4 is 5.73 Å². The van der Waals surface area contributed by atoms with Crippen molar-refractivity contribution < 1.29 is 17.9 Å². The summed E-state index contributed by atoms with van der Waals surface area (Å²) in [5.74, 6) is 0. The average molecular weight is 257 g/mol. The van der Waals surface area contributed by atoms with Crippen molar-refractivity contribution in [2.75, 3.05) is 6.61 Å². The number of ether oxygens (including phenoxy) is 1. The molecular formula is C13H14F3NO. The fourth-order valence-corrected chi connectivity index (χ4v) is 1.91. The number of rotatable bonds is 2. The van der Waals surface area contributed by atoms with E-state index in [-0.39, 0.29) is 0 Å². The first kappa shape index (κ1) is 13.0. The van der Waals surface area contributed by atoms with E-state index in [0.717, 1.165) is 30.5 Å². The number of alkyl halides is 3. The first-order valence-electron chi connectivity index (χ1n) is 5.72. The molecule has 1 heterocycles. The Balaban J connectivity index is 2.16. The third kappa shape index (κ3) is 2.85. The van der Waals surface area contributed by atoms with Gasteiger partial charge in [0.05, 0.1) is 24.5 Å². The van der Waals surface area contributed by atoms with Gasteiger partial charge in [0.25, 0.3) is 0 Å². The first-order valence-corrected chi connectivity index (χ1v) is 5.72. The van der Waals surface area contributed by atoms with Gasteiger partial charge in [0.2, 0.25) is 0 Å². The zero-order valence-corrected chi connectivity index (χ0v) is 9.70. The van der Waals surface area contributed by atoms with Crippen LogP contribution in [0.5, 0.6) is 0 Å². The fourth-order valence-electron chi connectivity index (χ4n) is 1.91. The molecule has 1 aromatic carbocycles. The molecule has 5 heteroatoms. The van der Waals surface area contributed by atoms with Crippen LogP contribution in [0, 0.1) is 0 Å². The predicted octanol–water partition coefficient (Wildman–Crippen LogP) is 3.40. The van der Waals surface area contributed by atoms with E-state index in [4.69, 9.17) is 10.5 Å². The minimum atomic E-state index is -4.31. The summed E-state index contributed by atoms with van der Waals surface area (Å²) in [6.07, 6.45) is -0.982. The lowest BCUT2D eigenvalue weighted by Gasteiger charge is -2.20. The highest BCUT2D eigenvalue weighted by Crippen LogP contribution is 2.31. The topological polar surface area (TPSA) is 35.2 Å². The van der Waals surface area contributed by atoms with E-state index in [1.54, 1.807) is 6.26 Å². The Hall–Kier alpha value is -1.49. The molecule has 1 unspecified atom stereocenters. The standard InChI is InChI=1S/C13H14F3NO/c14-13(15,16)11-5-3-9(4-6-11)12(17)10-2-1-7-18-8-10/h3-6,8,12H,1-2,7,17H2. The summed E-state index contributed by atoms with van der Waals surface area (Å²) < 4.78 is 42.4. The number of benzene rings is 1. The Labute approximate surface area is 103 Å². The molecule has 0 saturated carbocycles. The molecule has 0 aromatic heterocycles. The first-order chi connectivity index (χ1) is 8.48. The number of hydrogen-bond acceptors (Lipinski definition) is 2. The van der Waals surface area contributed by atoms with Gasteiger partial charge in [-0.25, -0.2) is 0 Å². The quantitative estimate of drug-likeness (QED) is 0.881. The zero-order chi connectivity index (χ0) is 13.2. The van der Waals surface area contributed by atoms with Gasteiger partial charge < -0.3 is 10.5 Å². The highest BCUT2D eigenvalue weighted by atomic mass is 19.4. The van der Waals surface area contributed by atoms with E-state index in [1.807, 2.05) is 0 Å². The normalized spacial score (nSPS) is 17.9. The molecule has 1 atom stereocenters. The molecule has 18 heavy (non-hydrogen) atoms. The van der Waals surface area contributed by atoms with E-state index in [0.29, 0.717) is 12.2 Å². The Kier molecular flexibility index (Phi) is 3.61. The highest BCUT2D eigenvalue weighted by molar-refractivity contribution is 5.31. The molecule has 2 nitrogen and oxygen atoms in total. The van der Waals surface area contributed by atoms with Crippen LogP contribution in [-0.4, -0.2) is 6.61 Å². The highest BCUT2D eigenvalue weighted by Gasteiger charge is 2.30. The second-order valence-electron chi connectivity index (χ2n) is 4.26. The maximum absolute atomic E-state index is 12.4. The number of hydrogen-bond donors (Lipinski definition) is 1. The molecule has 1 aliphatic heterocycles. The molecule has 0 fully saturated rings. The van der Waals surface area contributed by atoms with Gasteiger partial charge in [0, 0.05) is 0 Å². The molecule has 0 saturated heterocycles. The van der Waals surface area contributed by atoms with Gasteiger partial charge in [-0.15, -0.1) is 0 Å². The number of nitrogens with two attached hydrogens (primary N) is 1. The Morgan fingerprint density at radius 1 is 1.17 bits per heavy atom. The summed E-state index contributed by atoms with van der Waals surface area (Å²) in [6.45, 7) is 0.670. The summed E-state index contributed by atoms with van der Waals surface area (Å²) in [5, 5.41) is 0. The number of halogens is 3. The van der Waals surface area contributed by atoms with Crippen LogP contribution in [0.2, 0.25) is 0 Å². The summed E-state index contributed by atoms with van der Waals surface area (Å²) in [7, 11) is 0. The van der Waals surface area contributed by atoms with Crippen molar-refractivity contribution in [3.05, 3.63) is 47.2 Å². The second-order valence-corrected chi connectivity index (χ2v) is 4.26. The van der Waals surface area contributed by atoms with Crippen molar-refractivity contribution in [3.63, 3.8) is 0 Å². The lowest BCUT2D eigenvalue weighted by atomic mass is 9.95. The smallest absolute Gasteiger partial charge is 0.416 e. The van der Waals surface area contributed by atoms with Crippen molar-refractivity contribution in [2.45, 2.75) is 25.1 Å². The van der Waals surface area contributed by atoms with Gasteiger partial charge in [0.15, 0.2) is 0 Å². The van der Waals surface area contributed by atoms with Crippen LogP contribution in [0.1, 0.15) is 30.0 Å². The monoisotopic (exact) mass is 257 g/mol. The van der Waals surface area contributed by atoms with Gasteiger partial charge in [-0.2, -0.15) is 13.2 Å². The van der Waals surface area contributed by atoms with E-state index in [9.17, 15) is 13.2 Å². The van der Waals surface area contributed by atoms with E-state index in [2.05, 4.69) is 0 Å². The summed E-state index contributed by atoms with van der Waals surface area (Å²) in [6, 6.07) is 4.55. The van der Waals surface area contributed by atoms with Crippen LogP contribution in [-0.2, 0) is 10.9 Å². The van der Waals surface area contributed by atoms with E-state index < -0.39 is 17.8 Å². The van der Waals surface area contributed by atoms with Gasteiger partial charge in [-0.05, 0) is 36.1 Å². The van der Waals surface area contributed by atoms with Gasteiger partial charge in [0.1, 0.15) is 0 Å². The minimum Gasteiger partial charge on any atom is -0.501 e. The minimum absolute atomic E-state index is 0.396. The van der Waals surface area contributed by atoms with Gasteiger partial charge >= 0.3 is 6.18 Å². The lowest BCUT2D eigenvalue weighted by Crippen LogP contribution is -2.16. The van der Waals surface area contributed by atoms with Crippen molar-refractivity contribution in [3.8, 4) is 0 Å². The van der Waals surface area contributed by atoms with E-state index >= 15 is 0 Å². The Morgan fingerprint density at radius 2 is 1.83 bits per heavy atom. The summed E-state index contributed by atoms with van der Waals surface area (Å²) in [4.78, 5) is 0. The van der Waals surface area contributed by atoms with Crippen LogP contribution in [0.15, 0.2) is 36.1 Å². The maximum atomic E-state index is 12.4. The second kappa shape index (κ2) is 5.02. The zero-order valence-electron chi connectivity index (χ0n) is 9.70. The Morgan fingerprint density at radius 3 is 2.33 bits per heavy atom. The van der Waals surface area contributed by atoms with Crippen molar-refractivity contribution in [1.82, 2.24) is 0 Å². The lowest BCUT2D eigenvalue weighted by molar-refractivity contribution is -0.137. The molecule has 2 rings (SSSR count). The molecule has 98 valence electrons. The summed E-state index contributed by atoms with van der Waals surface area (Å²) in [5.41, 5.74) is 6.92. The molecule has 0 amide bonds. The largest absolute Gasteiger partial charge is 0.501 e. The molecular weight excluding hydrogens is 243 g/mol.